The Hall–Kier alpha value is -2.77. The van der Waals surface area contributed by atoms with Gasteiger partial charge in [0.2, 0.25) is 0 Å². The Morgan fingerprint density at radius 2 is 2.00 bits per heavy atom. The van der Waals surface area contributed by atoms with Crippen molar-refractivity contribution in [3.8, 4) is 17.1 Å². The third kappa shape index (κ3) is 2.96. The number of rotatable bonds is 3. The maximum Gasteiger partial charge on any atom is 0.165 e. The van der Waals surface area contributed by atoms with Crippen LogP contribution in [0.15, 0.2) is 59.3 Å². The van der Waals surface area contributed by atoms with Gasteiger partial charge in [-0.05, 0) is 70.7 Å². The summed E-state index contributed by atoms with van der Waals surface area (Å²) in [5, 5.41) is 3.43. The molecule has 1 saturated heterocycles. The van der Waals surface area contributed by atoms with Crippen molar-refractivity contribution >= 4 is 32.9 Å². The average Bonchev–Trinajstić information content (AvgIpc) is 3.36. The highest BCUT2D eigenvalue weighted by Gasteiger charge is 2.20. The molecule has 7 heteroatoms. The van der Waals surface area contributed by atoms with Gasteiger partial charge in [-0.15, -0.1) is 0 Å². The number of fused-ring (bicyclic) bond motifs is 1. The molecule has 1 atom stereocenters. The Bertz CT molecular complexity index is 1150. The second-order valence-corrected chi connectivity index (χ2v) is 7.90. The number of imidazole rings is 1. The van der Waals surface area contributed by atoms with Gasteiger partial charge in [-0.1, -0.05) is 12.1 Å². The molecule has 0 amide bonds. The van der Waals surface area contributed by atoms with Crippen molar-refractivity contribution in [1.29, 1.82) is 0 Å². The quantitative estimate of drug-likeness (QED) is 0.510. The van der Waals surface area contributed by atoms with Crippen LogP contribution in [-0.2, 0) is 0 Å². The molecule has 6 nitrogen and oxygen atoms in total. The molecule has 140 valence electrons. The minimum absolute atomic E-state index is 0.451. The third-order valence-corrected chi connectivity index (χ3v) is 5.66. The summed E-state index contributed by atoms with van der Waals surface area (Å²) in [6.45, 7) is 2.13. The molecule has 28 heavy (non-hydrogen) atoms. The molecule has 0 aliphatic carbocycles. The number of nitrogen functional groups attached to an aromatic ring is 1. The minimum Gasteiger partial charge on any atom is -0.383 e. The van der Waals surface area contributed by atoms with Crippen LogP contribution in [0.4, 0.5) is 5.82 Å². The monoisotopic (exact) mass is 434 g/mol. The number of nitrogens with two attached hydrogens (primary N) is 1. The zero-order valence-corrected chi connectivity index (χ0v) is 16.7. The van der Waals surface area contributed by atoms with E-state index in [2.05, 4.69) is 55.5 Å². The van der Waals surface area contributed by atoms with Crippen LogP contribution in [0.1, 0.15) is 17.9 Å². The lowest BCUT2D eigenvalue weighted by Crippen LogP contribution is -2.08. The average molecular weight is 435 g/mol. The van der Waals surface area contributed by atoms with Crippen molar-refractivity contribution in [2.75, 3.05) is 18.8 Å². The van der Waals surface area contributed by atoms with Crippen molar-refractivity contribution in [2.24, 2.45) is 0 Å². The Balaban J connectivity index is 1.69. The molecule has 1 aromatic carbocycles. The largest absolute Gasteiger partial charge is 0.383 e. The van der Waals surface area contributed by atoms with E-state index in [1.165, 1.54) is 12.0 Å². The van der Waals surface area contributed by atoms with Crippen LogP contribution in [0.5, 0.6) is 0 Å². The number of benzene rings is 1. The molecule has 5 rings (SSSR count). The van der Waals surface area contributed by atoms with Crippen LogP contribution in [0.2, 0.25) is 0 Å². The van der Waals surface area contributed by atoms with Crippen LogP contribution in [0, 0.1) is 0 Å². The summed E-state index contributed by atoms with van der Waals surface area (Å²) in [6.07, 6.45) is 4.65. The molecular weight excluding hydrogens is 416 g/mol. The van der Waals surface area contributed by atoms with Gasteiger partial charge in [0.1, 0.15) is 11.3 Å². The molecule has 1 aliphatic heterocycles. The summed E-state index contributed by atoms with van der Waals surface area (Å²) in [5.74, 6) is 1.77. The van der Waals surface area contributed by atoms with Crippen molar-refractivity contribution in [2.45, 2.75) is 12.3 Å². The molecule has 4 heterocycles. The van der Waals surface area contributed by atoms with Gasteiger partial charge >= 0.3 is 0 Å². The van der Waals surface area contributed by atoms with Gasteiger partial charge in [-0.2, -0.15) is 0 Å². The van der Waals surface area contributed by atoms with E-state index in [1.807, 2.05) is 22.8 Å². The van der Waals surface area contributed by atoms with E-state index >= 15 is 0 Å². The van der Waals surface area contributed by atoms with E-state index in [0.717, 1.165) is 45.8 Å². The first kappa shape index (κ1) is 17.3. The van der Waals surface area contributed by atoms with Crippen LogP contribution < -0.4 is 11.1 Å². The maximum atomic E-state index is 6.16. The number of nitrogens with zero attached hydrogens (tertiary/aromatic N) is 4. The van der Waals surface area contributed by atoms with Gasteiger partial charge < -0.3 is 11.1 Å². The third-order valence-electron chi connectivity index (χ3n) is 5.23. The number of pyridine rings is 2. The van der Waals surface area contributed by atoms with Crippen LogP contribution in [0.3, 0.4) is 0 Å². The van der Waals surface area contributed by atoms with Crippen molar-refractivity contribution in [3.05, 3.63) is 64.9 Å². The Kier molecular flexibility index (Phi) is 4.33. The number of anilines is 1. The van der Waals surface area contributed by atoms with Gasteiger partial charge in [-0.25, -0.2) is 15.0 Å². The highest BCUT2D eigenvalue weighted by molar-refractivity contribution is 9.10. The normalized spacial score (nSPS) is 16.7. The van der Waals surface area contributed by atoms with Gasteiger partial charge in [0.05, 0.1) is 5.56 Å². The van der Waals surface area contributed by atoms with E-state index in [0.29, 0.717) is 11.7 Å². The van der Waals surface area contributed by atoms with Crippen molar-refractivity contribution < 1.29 is 0 Å². The topological polar surface area (TPSA) is 81.7 Å². The Morgan fingerprint density at radius 3 is 2.75 bits per heavy atom. The van der Waals surface area contributed by atoms with Crippen molar-refractivity contribution in [1.82, 2.24) is 24.8 Å². The first-order chi connectivity index (χ1) is 13.7. The fraction of sp³-hybridized carbons (Fsp3) is 0.190. The minimum atomic E-state index is 0.451. The predicted octanol–water partition coefficient (Wildman–Crippen LogP) is 3.90. The summed E-state index contributed by atoms with van der Waals surface area (Å²) in [4.78, 5) is 13.7. The molecule has 1 unspecified atom stereocenters. The van der Waals surface area contributed by atoms with Crippen LogP contribution >= 0.6 is 15.9 Å². The number of hydrogen-bond donors (Lipinski definition) is 2. The van der Waals surface area contributed by atoms with Gasteiger partial charge in [0.25, 0.3) is 0 Å². The number of aromatic nitrogens is 4. The van der Waals surface area contributed by atoms with Crippen LogP contribution in [-0.4, -0.2) is 32.6 Å². The number of halogens is 1. The fourth-order valence-corrected chi connectivity index (χ4v) is 4.13. The summed E-state index contributed by atoms with van der Waals surface area (Å²) < 4.78 is 2.94. The molecule has 1 fully saturated rings. The summed E-state index contributed by atoms with van der Waals surface area (Å²) >= 11 is 3.49. The van der Waals surface area contributed by atoms with E-state index in [1.54, 1.807) is 12.4 Å². The molecule has 0 bridgehead atoms. The molecule has 3 aromatic heterocycles. The number of nitrogens with one attached hydrogen (secondary N) is 1. The number of hydrogen-bond acceptors (Lipinski definition) is 5. The van der Waals surface area contributed by atoms with Gasteiger partial charge in [-0.3, -0.25) is 4.57 Å². The first-order valence-electron chi connectivity index (χ1n) is 9.26. The fourth-order valence-electron chi connectivity index (χ4n) is 3.81. The molecule has 4 aromatic rings. The highest BCUT2D eigenvalue weighted by atomic mass is 79.9. The van der Waals surface area contributed by atoms with E-state index < -0.39 is 0 Å². The summed E-state index contributed by atoms with van der Waals surface area (Å²) in [5.41, 5.74) is 10.9. The standard InChI is InChI=1S/C21H19BrN6/c22-15-10-18-21(26-12-15)28(20(27-18)17-2-1-8-25-19(17)23)16-5-3-13(4-6-16)14-7-9-24-11-14/h1-6,8,10,12,14,24H,7,9,11H2,(H2,23,25). The van der Waals surface area contributed by atoms with E-state index in [-0.39, 0.29) is 0 Å². The molecule has 0 saturated carbocycles. The zero-order valence-electron chi connectivity index (χ0n) is 15.1. The van der Waals surface area contributed by atoms with Crippen LogP contribution in [0.25, 0.3) is 28.2 Å². The molecule has 1 aliphatic rings. The Labute approximate surface area is 171 Å². The lowest BCUT2D eigenvalue weighted by Gasteiger charge is -2.13. The van der Waals surface area contributed by atoms with Gasteiger partial charge in [0, 0.05) is 29.1 Å². The molecule has 0 spiro atoms. The highest BCUT2D eigenvalue weighted by Crippen LogP contribution is 2.32. The summed E-state index contributed by atoms with van der Waals surface area (Å²) in [7, 11) is 0. The van der Waals surface area contributed by atoms with E-state index in [4.69, 9.17) is 10.7 Å². The lowest BCUT2D eigenvalue weighted by atomic mass is 9.98. The first-order valence-corrected chi connectivity index (χ1v) is 10.1. The summed E-state index contributed by atoms with van der Waals surface area (Å²) in [6, 6.07) is 14.4. The predicted molar refractivity (Wildman–Crippen MR) is 114 cm³/mol. The Morgan fingerprint density at radius 1 is 1.14 bits per heavy atom. The SMILES string of the molecule is Nc1ncccc1-c1nc2cc(Br)cnc2n1-c1ccc(C2CCNC2)cc1. The van der Waals surface area contributed by atoms with Crippen molar-refractivity contribution in [3.63, 3.8) is 0 Å². The second-order valence-electron chi connectivity index (χ2n) is 6.98. The van der Waals surface area contributed by atoms with Gasteiger partial charge in [0.15, 0.2) is 11.5 Å². The second kappa shape index (κ2) is 7.00. The van der Waals surface area contributed by atoms with E-state index in [9.17, 15) is 0 Å². The molecular formula is C21H19BrN6. The lowest BCUT2D eigenvalue weighted by molar-refractivity contribution is 0.763. The maximum absolute atomic E-state index is 6.16. The smallest absolute Gasteiger partial charge is 0.165 e. The molecule has 3 N–H and O–H groups in total. The molecule has 0 radical (unpaired) electrons. The zero-order chi connectivity index (χ0) is 19.1.